The lowest BCUT2D eigenvalue weighted by molar-refractivity contribution is 0.0273. The number of rotatable bonds is 5. The molecule has 2 heterocycles. The first-order valence-electron chi connectivity index (χ1n) is 6.82. The minimum Gasteiger partial charge on any atom is -0.393 e. The largest absolute Gasteiger partial charge is 0.393 e. The van der Waals surface area contributed by atoms with Crippen molar-refractivity contribution in [3.8, 4) is 0 Å². The standard InChI is InChI=1S/C14H15ClN2O3S2/c15-12-4-5-13(21-12)22(19,20)17-14(9-7-10(18)8-9)11-3-1-2-6-16-11/h1-6,9-10,14,17-18H,7-8H2/t9?,10?,14-/m1/s1. The maximum absolute atomic E-state index is 12.5. The third kappa shape index (κ3) is 3.33. The first-order valence-corrected chi connectivity index (χ1v) is 9.50. The van der Waals surface area contributed by atoms with Crippen LogP contribution in [0.15, 0.2) is 40.7 Å². The molecule has 2 aromatic heterocycles. The Morgan fingerprint density at radius 1 is 1.32 bits per heavy atom. The summed E-state index contributed by atoms with van der Waals surface area (Å²) in [5.74, 6) is 0.0371. The van der Waals surface area contributed by atoms with Gasteiger partial charge in [-0.05, 0) is 43.0 Å². The molecule has 118 valence electrons. The van der Waals surface area contributed by atoms with Crippen molar-refractivity contribution in [3.63, 3.8) is 0 Å². The van der Waals surface area contributed by atoms with Crippen molar-refractivity contribution < 1.29 is 13.5 Å². The number of hydrogen-bond acceptors (Lipinski definition) is 5. The van der Waals surface area contributed by atoms with E-state index in [4.69, 9.17) is 11.6 Å². The molecule has 0 aromatic carbocycles. The average Bonchev–Trinajstić information content (AvgIpc) is 2.90. The van der Waals surface area contributed by atoms with E-state index in [1.54, 1.807) is 24.4 Å². The molecular weight excluding hydrogens is 344 g/mol. The van der Waals surface area contributed by atoms with Crippen molar-refractivity contribution in [1.82, 2.24) is 9.71 Å². The summed E-state index contributed by atoms with van der Waals surface area (Å²) in [4.78, 5) is 4.26. The molecule has 0 saturated heterocycles. The van der Waals surface area contributed by atoms with Crippen LogP contribution in [0.3, 0.4) is 0 Å². The number of sulfonamides is 1. The third-order valence-corrected chi connectivity index (χ3v) is 6.89. The highest BCUT2D eigenvalue weighted by atomic mass is 35.5. The second kappa shape index (κ2) is 6.25. The molecule has 0 bridgehead atoms. The normalized spacial score (nSPS) is 23.0. The van der Waals surface area contributed by atoms with Crippen molar-refractivity contribution in [2.75, 3.05) is 0 Å². The van der Waals surface area contributed by atoms with Gasteiger partial charge in [0.25, 0.3) is 10.0 Å². The lowest BCUT2D eigenvalue weighted by atomic mass is 9.76. The van der Waals surface area contributed by atoms with E-state index < -0.39 is 16.1 Å². The van der Waals surface area contributed by atoms with Gasteiger partial charge in [0.05, 0.1) is 22.2 Å². The van der Waals surface area contributed by atoms with Crippen LogP contribution in [0.2, 0.25) is 4.34 Å². The molecule has 22 heavy (non-hydrogen) atoms. The van der Waals surface area contributed by atoms with E-state index in [2.05, 4.69) is 9.71 Å². The molecule has 1 aliphatic rings. The Kier molecular flexibility index (Phi) is 4.52. The minimum absolute atomic E-state index is 0.0371. The molecule has 0 unspecified atom stereocenters. The number of halogens is 1. The number of nitrogens with one attached hydrogen (secondary N) is 1. The molecule has 0 aliphatic heterocycles. The number of aromatic nitrogens is 1. The van der Waals surface area contributed by atoms with Gasteiger partial charge in [-0.2, -0.15) is 0 Å². The van der Waals surface area contributed by atoms with Crippen molar-refractivity contribution in [3.05, 3.63) is 46.6 Å². The Labute approximate surface area is 138 Å². The monoisotopic (exact) mass is 358 g/mol. The Bertz CT molecular complexity index is 742. The smallest absolute Gasteiger partial charge is 0.250 e. The van der Waals surface area contributed by atoms with Gasteiger partial charge in [-0.15, -0.1) is 11.3 Å². The minimum atomic E-state index is -3.66. The van der Waals surface area contributed by atoms with Gasteiger partial charge in [0.15, 0.2) is 0 Å². The van der Waals surface area contributed by atoms with Crippen LogP contribution in [0.5, 0.6) is 0 Å². The molecule has 1 aliphatic carbocycles. The molecule has 1 fully saturated rings. The number of thiophene rings is 1. The van der Waals surface area contributed by atoms with Crippen LogP contribution >= 0.6 is 22.9 Å². The van der Waals surface area contributed by atoms with E-state index >= 15 is 0 Å². The summed E-state index contributed by atoms with van der Waals surface area (Å²) in [6.45, 7) is 0. The number of hydrogen-bond donors (Lipinski definition) is 2. The van der Waals surface area contributed by atoms with Gasteiger partial charge < -0.3 is 5.11 Å². The Morgan fingerprint density at radius 2 is 2.09 bits per heavy atom. The fourth-order valence-electron chi connectivity index (χ4n) is 2.53. The zero-order chi connectivity index (χ0) is 15.7. The lowest BCUT2D eigenvalue weighted by Crippen LogP contribution is -2.41. The summed E-state index contributed by atoms with van der Waals surface area (Å²) >= 11 is 6.84. The Morgan fingerprint density at radius 3 is 2.64 bits per heavy atom. The van der Waals surface area contributed by atoms with Crippen LogP contribution < -0.4 is 4.72 Å². The van der Waals surface area contributed by atoms with E-state index in [0.29, 0.717) is 22.9 Å². The van der Waals surface area contributed by atoms with Crippen molar-refractivity contribution in [2.45, 2.75) is 29.2 Å². The van der Waals surface area contributed by atoms with Crippen molar-refractivity contribution in [2.24, 2.45) is 5.92 Å². The molecule has 8 heteroatoms. The predicted molar refractivity (Wildman–Crippen MR) is 85.4 cm³/mol. The quantitative estimate of drug-likeness (QED) is 0.861. The van der Waals surface area contributed by atoms with Gasteiger partial charge in [-0.3, -0.25) is 4.98 Å². The van der Waals surface area contributed by atoms with Gasteiger partial charge in [0, 0.05) is 6.20 Å². The van der Waals surface area contributed by atoms with E-state index in [1.807, 2.05) is 6.07 Å². The number of nitrogens with zero attached hydrogens (tertiary/aromatic N) is 1. The molecule has 5 nitrogen and oxygen atoms in total. The van der Waals surface area contributed by atoms with E-state index in [9.17, 15) is 13.5 Å². The van der Waals surface area contributed by atoms with Crippen LogP contribution in [0, 0.1) is 5.92 Å². The summed E-state index contributed by atoms with van der Waals surface area (Å²) in [5.41, 5.74) is 0.658. The number of aliphatic hydroxyl groups is 1. The highest BCUT2D eigenvalue weighted by Gasteiger charge is 2.38. The van der Waals surface area contributed by atoms with Crippen LogP contribution in [-0.4, -0.2) is 24.6 Å². The van der Waals surface area contributed by atoms with Gasteiger partial charge in [0.2, 0.25) is 0 Å². The summed E-state index contributed by atoms with van der Waals surface area (Å²) in [6, 6.07) is 7.99. The Hall–Kier alpha value is -0.990. The second-order valence-corrected chi connectivity index (χ2v) is 8.95. The topological polar surface area (TPSA) is 79.3 Å². The highest BCUT2D eigenvalue weighted by molar-refractivity contribution is 7.91. The maximum atomic E-state index is 12.5. The molecule has 1 saturated carbocycles. The van der Waals surface area contributed by atoms with E-state index in [1.165, 1.54) is 6.07 Å². The van der Waals surface area contributed by atoms with E-state index in [-0.39, 0.29) is 16.2 Å². The number of pyridine rings is 1. The molecule has 0 spiro atoms. The van der Waals surface area contributed by atoms with Crippen LogP contribution in [0.4, 0.5) is 0 Å². The SMILES string of the molecule is O=S(=O)(N[C@@H](c1ccccn1)C1CC(O)C1)c1ccc(Cl)s1. The van der Waals surface area contributed by atoms with Gasteiger partial charge >= 0.3 is 0 Å². The summed E-state index contributed by atoms with van der Waals surface area (Å²) in [5, 5.41) is 9.52. The summed E-state index contributed by atoms with van der Waals surface area (Å²) in [6.07, 6.45) is 2.40. The molecule has 0 radical (unpaired) electrons. The van der Waals surface area contributed by atoms with Crippen LogP contribution in [0.25, 0.3) is 0 Å². The molecule has 0 amide bonds. The molecule has 2 N–H and O–H groups in total. The molecular formula is C14H15ClN2O3S2. The van der Waals surface area contributed by atoms with Crippen molar-refractivity contribution in [1.29, 1.82) is 0 Å². The van der Waals surface area contributed by atoms with Crippen LogP contribution in [-0.2, 0) is 10.0 Å². The van der Waals surface area contributed by atoms with Crippen LogP contribution in [0.1, 0.15) is 24.6 Å². The average molecular weight is 359 g/mol. The summed E-state index contributed by atoms with van der Waals surface area (Å²) in [7, 11) is -3.66. The first kappa shape index (κ1) is 15.9. The lowest BCUT2D eigenvalue weighted by Gasteiger charge is -2.37. The highest BCUT2D eigenvalue weighted by Crippen LogP contribution is 2.38. The fourth-order valence-corrected chi connectivity index (χ4v) is 5.30. The Balaban J connectivity index is 1.87. The third-order valence-electron chi connectivity index (χ3n) is 3.72. The van der Waals surface area contributed by atoms with Gasteiger partial charge in [-0.1, -0.05) is 17.7 Å². The molecule has 1 atom stereocenters. The van der Waals surface area contributed by atoms with Crippen molar-refractivity contribution >= 4 is 33.0 Å². The molecule has 3 rings (SSSR count). The summed E-state index contributed by atoms with van der Waals surface area (Å²) < 4.78 is 28.3. The fraction of sp³-hybridized carbons (Fsp3) is 0.357. The molecule has 2 aromatic rings. The van der Waals surface area contributed by atoms with E-state index in [0.717, 1.165) is 11.3 Å². The van der Waals surface area contributed by atoms with Gasteiger partial charge in [0.1, 0.15) is 4.21 Å². The maximum Gasteiger partial charge on any atom is 0.250 e. The number of aliphatic hydroxyl groups excluding tert-OH is 1. The predicted octanol–water partition coefficient (Wildman–Crippen LogP) is 2.59. The second-order valence-electron chi connectivity index (χ2n) is 5.30. The first-order chi connectivity index (χ1) is 10.5. The zero-order valence-corrected chi connectivity index (χ0v) is 13.9. The van der Waals surface area contributed by atoms with Gasteiger partial charge in [-0.25, -0.2) is 13.1 Å². The zero-order valence-electron chi connectivity index (χ0n) is 11.5.